The number of furan rings is 2. The number of nitrogen functional groups attached to an aromatic ring is 1. The number of carboxylic acid groups (broad SMARTS) is 1. The second-order valence-corrected chi connectivity index (χ2v) is 12.9. The number of aryl methyl sites for hydroxylation is 4. The molecular weight excluding hydrogens is 767 g/mol. The van der Waals surface area contributed by atoms with E-state index in [0.717, 1.165) is 38.6 Å². The summed E-state index contributed by atoms with van der Waals surface area (Å²) in [6.45, 7) is 7.54. The summed E-state index contributed by atoms with van der Waals surface area (Å²) in [6.07, 6.45) is 0. The van der Waals surface area contributed by atoms with E-state index < -0.39 is 17.9 Å². The molecule has 6 N–H and O–H groups in total. The topological polar surface area (TPSA) is 236 Å². The summed E-state index contributed by atoms with van der Waals surface area (Å²) in [5, 5.41) is 22.9. The Morgan fingerprint density at radius 3 is 1.68 bits per heavy atom. The number of rotatable bonds is 6. The fourth-order valence-electron chi connectivity index (χ4n) is 5.34. The van der Waals surface area contributed by atoms with Gasteiger partial charge in [0.1, 0.15) is 17.0 Å². The number of amidine groups is 1. The van der Waals surface area contributed by atoms with E-state index in [-0.39, 0.29) is 23.0 Å². The zero-order chi connectivity index (χ0) is 40.1. The van der Waals surface area contributed by atoms with Gasteiger partial charge in [-0.15, -0.1) is 0 Å². The SMILES string of the molecule is COC(=O)c1ccc(-c2noc(-c3cc4c(C)c(Cl)cc(C)c4o3)n2)cc1.COC(=O)c1ccc(C(=N)N)cc1.Cc1c(Cl)cc(C)c2oc(C(=O)O)cc12.O. The quantitative estimate of drug-likeness (QED) is 0.0814. The zero-order valence-electron chi connectivity index (χ0n) is 30.9. The molecule has 4 aromatic carbocycles. The van der Waals surface area contributed by atoms with E-state index >= 15 is 0 Å². The summed E-state index contributed by atoms with van der Waals surface area (Å²) < 4.78 is 25.7. The lowest BCUT2D eigenvalue weighted by molar-refractivity contribution is 0.0592. The number of nitrogens with zero attached hydrogens (tertiary/aromatic N) is 2. The van der Waals surface area contributed by atoms with Crippen LogP contribution in [-0.2, 0) is 9.47 Å². The predicted octanol–water partition coefficient (Wildman–Crippen LogP) is 8.54. The van der Waals surface area contributed by atoms with Crippen molar-refractivity contribution in [1.29, 1.82) is 5.41 Å². The molecule has 0 aliphatic rings. The van der Waals surface area contributed by atoms with E-state index in [2.05, 4.69) is 19.6 Å². The Kier molecular flexibility index (Phi) is 13.4. The molecule has 16 heteroatoms. The summed E-state index contributed by atoms with van der Waals surface area (Å²) in [5.74, 6) is -0.793. The highest BCUT2D eigenvalue weighted by atomic mass is 35.5. The van der Waals surface area contributed by atoms with Gasteiger partial charge in [-0.05, 0) is 98.5 Å². The number of carbonyl (C=O) groups is 3. The Labute approximate surface area is 329 Å². The number of nitrogens with one attached hydrogen (secondary N) is 1. The second kappa shape index (κ2) is 17.8. The van der Waals surface area contributed by atoms with Gasteiger partial charge in [-0.1, -0.05) is 52.6 Å². The molecule has 56 heavy (non-hydrogen) atoms. The molecule has 0 aliphatic carbocycles. The normalized spacial score (nSPS) is 10.4. The van der Waals surface area contributed by atoms with Crippen LogP contribution in [0, 0.1) is 33.1 Å². The van der Waals surface area contributed by atoms with E-state index in [1.807, 2.05) is 39.8 Å². The number of methoxy groups -OCH3 is 2. The fraction of sp³-hybridized carbons (Fsp3) is 0.150. The molecule has 3 heterocycles. The first-order valence-electron chi connectivity index (χ1n) is 16.3. The maximum absolute atomic E-state index is 11.5. The fourth-order valence-corrected chi connectivity index (χ4v) is 5.87. The molecule has 3 aromatic heterocycles. The van der Waals surface area contributed by atoms with E-state index in [1.54, 1.807) is 54.6 Å². The average Bonchev–Trinajstić information content (AvgIpc) is 3.96. The number of benzene rings is 4. The molecule has 0 spiro atoms. The molecule has 7 rings (SSSR count). The predicted molar refractivity (Wildman–Crippen MR) is 211 cm³/mol. The molecule has 0 bridgehead atoms. The van der Waals surface area contributed by atoms with Crippen LogP contribution in [0.5, 0.6) is 0 Å². The summed E-state index contributed by atoms with van der Waals surface area (Å²) in [4.78, 5) is 37.7. The average molecular weight is 804 g/mol. The molecule has 0 fully saturated rings. The number of aromatic carboxylic acids is 1. The van der Waals surface area contributed by atoms with Crippen molar-refractivity contribution in [2.24, 2.45) is 5.73 Å². The van der Waals surface area contributed by atoms with Crippen LogP contribution in [0.3, 0.4) is 0 Å². The van der Waals surface area contributed by atoms with Gasteiger partial charge in [0, 0.05) is 31.9 Å². The van der Waals surface area contributed by atoms with Gasteiger partial charge in [0.25, 0.3) is 5.89 Å². The molecule has 7 aromatic rings. The molecule has 14 nitrogen and oxygen atoms in total. The lowest BCUT2D eigenvalue weighted by Gasteiger charge is -2.01. The third-order valence-electron chi connectivity index (χ3n) is 8.42. The monoisotopic (exact) mass is 802 g/mol. The lowest BCUT2D eigenvalue weighted by atomic mass is 10.1. The minimum Gasteiger partial charge on any atom is -0.475 e. The summed E-state index contributed by atoms with van der Waals surface area (Å²) in [5.41, 5.74) is 12.3. The maximum atomic E-state index is 11.5. The van der Waals surface area contributed by atoms with Gasteiger partial charge in [-0.3, -0.25) is 5.41 Å². The van der Waals surface area contributed by atoms with Crippen LogP contribution >= 0.6 is 23.2 Å². The Morgan fingerprint density at radius 1 is 0.732 bits per heavy atom. The highest BCUT2D eigenvalue weighted by molar-refractivity contribution is 6.32. The van der Waals surface area contributed by atoms with Crippen molar-refractivity contribution in [3.8, 4) is 23.0 Å². The van der Waals surface area contributed by atoms with E-state index in [4.69, 9.17) is 52.8 Å². The van der Waals surface area contributed by atoms with Crippen molar-refractivity contribution in [1.82, 2.24) is 10.1 Å². The number of hydrogen-bond acceptors (Lipinski definition) is 11. The highest BCUT2D eigenvalue weighted by Crippen LogP contribution is 2.35. The van der Waals surface area contributed by atoms with Crippen molar-refractivity contribution in [3.63, 3.8) is 0 Å². The van der Waals surface area contributed by atoms with Gasteiger partial charge in [0.05, 0.1) is 25.3 Å². The van der Waals surface area contributed by atoms with Gasteiger partial charge < -0.3 is 39.1 Å². The third-order valence-corrected chi connectivity index (χ3v) is 9.21. The number of carbonyl (C=O) groups excluding carboxylic acids is 2. The maximum Gasteiger partial charge on any atom is 0.371 e. The van der Waals surface area contributed by atoms with Crippen LogP contribution in [0.15, 0.2) is 86.2 Å². The molecular formula is C40H36Cl2N4O10. The first-order chi connectivity index (χ1) is 26.1. The van der Waals surface area contributed by atoms with Gasteiger partial charge in [0.15, 0.2) is 5.76 Å². The number of aromatic nitrogens is 2. The van der Waals surface area contributed by atoms with Gasteiger partial charge in [-0.2, -0.15) is 4.98 Å². The van der Waals surface area contributed by atoms with Crippen LogP contribution in [0.4, 0.5) is 0 Å². The number of nitrogens with two attached hydrogens (primary N) is 1. The number of halogens is 2. The van der Waals surface area contributed by atoms with Crippen LogP contribution in [0.1, 0.15) is 59.1 Å². The van der Waals surface area contributed by atoms with Crippen LogP contribution in [0.25, 0.3) is 45.0 Å². The molecule has 0 saturated carbocycles. The van der Waals surface area contributed by atoms with Crippen molar-refractivity contribution < 1.29 is 47.8 Å². The standard InChI is InChI=1S/C20H15ClN2O4.C11H9ClO3.C9H10N2O2.H2O/c1-10-8-15(21)11(2)14-9-16(26-17(10)14)19-22-18(23-27-19)12-4-6-13(7-5-12)20(24)25-3;1-5-3-8(12)6(2)7-4-9(11(13)14)15-10(5)7;1-13-9(12)7-4-2-6(3-5-7)8(10)11;/h4-9H,1-3H3;3-4H,1-2H3,(H,13,14);2-5H,1H3,(H3,10,11);1H2. The Bertz CT molecular complexity index is 2570. The highest BCUT2D eigenvalue weighted by Gasteiger charge is 2.19. The summed E-state index contributed by atoms with van der Waals surface area (Å²) >= 11 is 12.2. The molecule has 0 saturated heterocycles. The molecule has 0 aliphatic heterocycles. The minimum atomic E-state index is -1.07. The van der Waals surface area contributed by atoms with Gasteiger partial charge in [-0.25, -0.2) is 14.4 Å². The summed E-state index contributed by atoms with van der Waals surface area (Å²) in [7, 11) is 2.66. The molecule has 0 radical (unpaired) electrons. The Balaban J connectivity index is 0.000000204. The first-order valence-corrected chi connectivity index (χ1v) is 17.1. The van der Waals surface area contributed by atoms with Gasteiger partial charge in [0.2, 0.25) is 11.6 Å². The molecule has 290 valence electrons. The minimum absolute atomic E-state index is 0. The molecule has 0 amide bonds. The van der Waals surface area contributed by atoms with Crippen molar-refractivity contribution in [3.05, 3.63) is 128 Å². The number of carboxylic acids is 1. The number of ether oxygens (including phenoxy) is 2. The van der Waals surface area contributed by atoms with Crippen LogP contribution in [-0.4, -0.2) is 58.7 Å². The van der Waals surface area contributed by atoms with Crippen molar-refractivity contribution in [2.45, 2.75) is 27.7 Å². The van der Waals surface area contributed by atoms with E-state index in [9.17, 15) is 14.4 Å². The first kappa shape index (κ1) is 42.3. The van der Waals surface area contributed by atoms with Crippen LogP contribution < -0.4 is 5.73 Å². The largest absolute Gasteiger partial charge is 0.475 e. The number of esters is 2. The zero-order valence-corrected chi connectivity index (χ0v) is 32.4. The Morgan fingerprint density at radius 2 is 1.20 bits per heavy atom. The number of hydrogen-bond donors (Lipinski definition) is 3. The Hall–Kier alpha value is -6.48. The lowest BCUT2D eigenvalue weighted by Crippen LogP contribution is -2.11. The van der Waals surface area contributed by atoms with E-state index in [0.29, 0.717) is 49.5 Å². The summed E-state index contributed by atoms with van der Waals surface area (Å²) in [6, 6.07) is 20.1. The molecule has 0 atom stereocenters. The van der Waals surface area contributed by atoms with Crippen molar-refractivity contribution in [2.75, 3.05) is 14.2 Å². The van der Waals surface area contributed by atoms with Gasteiger partial charge >= 0.3 is 17.9 Å². The van der Waals surface area contributed by atoms with Crippen LogP contribution in [0.2, 0.25) is 10.0 Å². The van der Waals surface area contributed by atoms with E-state index in [1.165, 1.54) is 20.3 Å². The number of fused-ring (bicyclic) bond motifs is 2. The second-order valence-electron chi connectivity index (χ2n) is 12.1. The smallest absolute Gasteiger partial charge is 0.371 e. The molecule has 0 unspecified atom stereocenters. The van der Waals surface area contributed by atoms with Crippen molar-refractivity contribution >= 4 is 68.9 Å². The third kappa shape index (κ3) is 9.06.